The molecule has 2 amide bonds. The number of carbonyl (C=O) groups excluding carboxylic acids is 2. The molecule has 0 aliphatic carbocycles. The fourth-order valence-electron chi connectivity index (χ4n) is 2.98. The Hall–Kier alpha value is -2.41. The summed E-state index contributed by atoms with van der Waals surface area (Å²) < 4.78 is 5.41. The highest BCUT2D eigenvalue weighted by Crippen LogP contribution is 2.20. The summed E-state index contributed by atoms with van der Waals surface area (Å²) in [5.74, 6) is -1.35. The van der Waals surface area contributed by atoms with E-state index >= 15 is 0 Å². The predicted molar refractivity (Wildman–Crippen MR) is 102 cm³/mol. The van der Waals surface area contributed by atoms with Crippen molar-refractivity contribution in [3.05, 3.63) is 29.8 Å². The zero-order chi connectivity index (χ0) is 19.8. The van der Waals surface area contributed by atoms with Gasteiger partial charge in [-0.2, -0.15) is 0 Å². The van der Waals surface area contributed by atoms with Crippen molar-refractivity contribution in [1.82, 2.24) is 4.90 Å². The van der Waals surface area contributed by atoms with E-state index in [4.69, 9.17) is 9.84 Å². The van der Waals surface area contributed by atoms with Gasteiger partial charge in [0.15, 0.2) is 0 Å². The standard InChI is InChI=1S/C20H28N2O5/c1-14(2)27-13-3-4-18(23)21-17-7-5-15(6-8-17)19(24)22-11-9-16(10-12-22)20(25)26/h5-8,14,16H,3-4,9-13H2,1-2H3,(H,21,23)(H,25,26). The number of nitrogens with zero attached hydrogens (tertiary/aromatic N) is 1. The summed E-state index contributed by atoms with van der Waals surface area (Å²) in [6, 6.07) is 6.78. The maximum atomic E-state index is 12.5. The Bertz CT molecular complexity index is 649. The van der Waals surface area contributed by atoms with Gasteiger partial charge in [0, 0.05) is 37.4 Å². The van der Waals surface area contributed by atoms with E-state index in [1.54, 1.807) is 29.2 Å². The van der Waals surface area contributed by atoms with Crippen LogP contribution in [-0.4, -0.2) is 53.6 Å². The lowest BCUT2D eigenvalue weighted by atomic mass is 9.96. The topological polar surface area (TPSA) is 95.9 Å². The Morgan fingerprint density at radius 3 is 2.37 bits per heavy atom. The number of benzene rings is 1. The summed E-state index contributed by atoms with van der Waals surface area (Å²) in [4.78, 5) is 37.1. The van der Waals surface area contributed by atoms with E-state index in [2.05, 4.69) is 5.32 Å². The summed E-state index contributed by atoms with van der Waals surface area (Å²) >= 11 is 0. The fourth-order valence-corrected chi connectivity index (χ4v) is 2.98. The van der Waals surface area contributed by atoms with Crippen molar-refractivity contribution in [2.75, 3.05) is 25.0 Å². The van der Waals surface area contributed by atoms with Gasteiger partial charge in [-0.1, -0.05) is 0 Å². The first-order chi connectivity index (χ1) is 12.9. The van der Waals surface area contributed by atoms with Crippen LogP contribution in [0, 0.1) is 5.92 Å². The maximum Gasteiger partial charge on any atom is 0.306 e. The second kappa shape index (κ2) is 10.1. The van der Waals surface area contributed by atoms with Crippen LogP contribution >= 0.6 is 0 Å². The Kier molecular flexibility index (Phi) is 7.79. The smallest absolute Gasteiger partial charge is 0.306 e. The zero-order valence-corrected chi connectivity index (χ0v) is 15.9. The number of hydrogen-bond donors (Lipinski definition) is 2. The Morgan fingerprint density at radius 1 is 1.19 bits per heavy atom. The van der Waals surface area contributed by atoms with Crippen LogP contribution < -0.4 is 5.32 Å². The number of carbonyl (C=O) groups is 3. The molecule has 2 N–H and O–H groups in total. The molecule has 0 bridgehead atoms. The highest BCUT2D eigenvalue weighted by atomic mass is 16.5. The molecule has 1 heterocycles. The molecular formula is C20H28N2O5. The average molecular weight is 376 g/mol. The molecule has 0 saturated carbocycles. The third kappa shape index (κ3) is 6.67. The monoisotopic (exact) mass is 376 g/mol. The first kappa shape index (κ1) is 20.9. The molecule has 2 rings (SSSR count). The molecule has 0 radical (unpaired) electrons. The predicted octanol–water partition coefficient (Wildman–Crippen LogP) is 2.77. The molecule has 0 atom stereocenters. The molecule has 1 fully saturated rings. The van der Waals surface area contributed by atoms with Gasteiger partial charge in [-0.3, -0.25) is 14.4 Å². The fraction of sp³-hybridized carbons (Fsp3) is 0.550. The van der Waals surface area contributed by atoms with Gasteiger partial charge in [-0.25, -0.2) is 0 Å². The minimum atomic E-state index is -0.794. The number of rotatable bonds is 8. The van der Waals surface area contributed by atoms with Crippen LogP contribution in [0.1, 0.15) is 49.9 Å². The lowest BCUT2D eigenvalue weighted by Crippen LogP contribution is -2.40. The van der Waals surface area contributed by atoms with Crippen molar-refractivity contribution >= 4 is 23.5 Å². The van der Waals surface area contributed by atoms with Gasteiger partial charge in [-0.15, -0.1) is 0 Å². The summed E-state index contributed by atoms with van der Waals surface area (Å²) in [6.07, 6.45) is 2.16. The Morgan fingerprint density at radius 2 is 1.81 bits per heavy atom. The van der Waals surface area contributed by atoms with Crippen molar-refractivity contribution < 1.29 is 24.2 Å². The third-order valence-electron chi connectivity index (χ3n) is 4.55. The number of likely N-dealkylation sites (tertiary alicyclic amines) is 1. The van der Waals surface area contributed by atoms with E-state index in [0.29, 0.717) is 56.6 Å². The van der Waals surface area contributed by atoms with Gasteiger partial charge in [0.2, 0.25) is 5.91 Å². The van der Waals surface area contributed by atoms with Gasteiger partial charge in [0.1, 0.15) is 0 Å². The van der Waals surface area contributed by atoms with E-state index in [1.165, 1.54) is 0 Å². The summed E-state index contributed by atoms with van der Waals surface area (Å²) in [7, 11) is 0. The molecule has 148 valence electrons. The van der Waals surface area contributed by atoms with Gasteiger partial charge in [0.05, 0.1) is 12.0 Å². The molecule has 27 heavy (non-hydrogen) atoms. The minimum Gasteiger partial charge on any atom is -0.481 e. The second-order valence-corrected chi connectivity index (χ2v) is 7.05. The van der Waals surface area contributed by atoms with E-state index in [1.807, 2.05) is 13.8 Å². The van der Waals surface area contributed by atoms with Crippen molar-refractivity contribution in [3.63, 3.8) is 0 Å². The number of anilines is 1. The molecule has 7 nitrogen and oxygen atoms in total. The molecule has 1 aliphatic heterocycles. The number of carboxylic acids is 1. The summed E-state index contributed by atoms with van der Waals surface area (Å²) in [6.45, 7) is 5.37. The zero-order valence-electron chi connectivity index (χ0n) is 15.9. The lowest BCUT2D eigenvalue weighted by molar-refractivity contribution is -0.143. The van der Waals surface area contributed by atoms with E-state index in [0.717, 1.165) is 0 Å². The molecule has 1 aromatic rings. The van der Waals surface area contributed by atoms with E-state index in [9.17, 15) is 14.4 Å². The second-order valence-electron chi connectivity index (χ2n) is 7.05. The number of nitrogens with one attached hydrogen (secondary N) is 1. The Balaban J connectivity index is 1.80. The minimum absolute atomic E-state index is 0.0859. The number of aliphatic carboxylic acids is 1. The first-order valence-corrected chi connectivity index (χ1v) is 9.40. The van der Waals surface area contributed by atoms with Crippen LogP contribution in [-0.2, 0) is 14.3 Å². The van der Waals surface area contributed by atoms with Gasteiger partial charge < -0.3 is 20.1 Å². The van der Waals surface area contributed by atoms with Crippen LogP contribution in [0.2, 0.25) is 0 Å². The highest BCUT2D eigenvalue weighted by molar-refractivity contribution is 5.96. The largest absolute Gasteiger partial charge is 0.481 e. The van der Waals surface area contributed by atoms with Gasteiger partial charge in [0.25, 0.3) is 5.91 Å². The molecular weight excluding hydrogens is 348 g/mol. The summed E-state index contributed by atoms with van der Waals surface area (Å²) in [5, 5.41) is 11.8. The van der Waals surface area contributed by atoms with E-state index < -0.39 is 5.97 Å². The SMILES string of the molecule is CC(C)OCCCC(=O)Nc1ccc(C(=O)N2CCC(C(=O)O)CC2)cc1. The van der Waals surface area contributed by atoms with Crippen LogP contribution in [0.15, 0.2) is 24.3 Å². The highest BCUT2D eigenvalue weighted by Gasteiger charge is 2.27. The lowest BCUT2D eigenvalue weighted by Gasteiger charge is -2.30. The third-order valence-corrected chi connectivity index (χ3v) is 4.55. The van der Waals surface area contributed by atoms with Gasteiger partial charge in [-0.05, 0) is 57.4 Å². The molecule has 0 unspecified atom stereocenters. The number of amides is 2. The normalized spacial score (nSPS) is 15.0. The van der Waals surface area contributed by atoms with Crippen LogP contribution in [0.3, 0.4) is 0 Å². The molecule has 1 aromatic carbocycles. The van der Waals surface area contributed by atoms with Crippen molar-refractivity contribution in [3.8, 4) is 0 Å². The van der Waals surface area contributed by atoms with Crippen molar-refractivity contribution in [2.45, 2.75) is 45.6 Å². The Labute approximate surface area is 159 Å². The van der Waals surface area contributed by atoms with Crippen LogP contribution in [0.4, 0.5) is 5.69 Å². The first-order valence-electron chi connectivity index (χ1n) is 9.40. The molecule has 1 aliphatic rings. The molecule has 0 spiro atoms. The quantitative estimate of drug-likeness (QED) is 0.680. The summed E-state index contributed by atoms with van der Waals surface area (Å²) in [5.41, 5.74) is 1.18. The number of ether oxygens (including phenoxy) is 1. The van der Waals surface area contributed by atoms with Gasteiger partial charge >= 0.3 is 5.97 Å². The van der Waals surface area contributed by atoms with Crippen LogP contribution in [0.25, 0.3) is 0 Å². The number of hydrogen-bond acceptors (Lipinski definition) is 4. The molecule has 0 aromatic heterocycles. The van der Waals surface area contributed by atoms with Crippen LogP contribution in [0.5, 0.6) is 0 Å². The molecule has 1 saturated heterocycles. The number of carboxylic acid groups (broad SMARTS) is 1. The van der Waals surface area contributed by atoms with Crippen molar-refractivity contribution in [2.24, 2.45) is 5.92 Å². The van der Waals surface area contributed by atoms with E-state index in [-0.39, 0.29) is 23.8 Å². The number of piperidine rings is 1. The maximum absolute atomic E-state index is 12.5. The average Bonchev–Trinajstić information content (AvgIpc) is 2.65. The van der Waals surface area contributed by atoms with Crippen molar-refractivity contribution in [1.29, 1.82) is 0 Å². The molecule has 7 heteroatoms.